The number of hydrogen-bond acceptors (Lipinski definition) is 2. The van der Waals surface area contributed by atoms with Gasteiger partial charge in [-0.05, 0) is 25.8 Å². The first kappa shape index (κ1) is 13.8. The van der Waals surface area contributed by atoms with Gasteiger partial charge in [-0.15, -0.1) is 0 Å². The van der Waals surface area contributed by atoms with Crippen LogP contribution >= 0.6 is 0 Å². The minimum absolute atomic E-state index is 0.244. The Balaban J connectivity index is 2.99. The Labute approximate surface area is 102 Å². The van der Waals surface area contributed by atoms with Gasteiger partial charge in [0.05, 0.1) is 12.5 Å². The van der Waals surface area contributed by atoms with Gasteiger partial charge in [-0.3, -0.25) is 4.79 Å². The predicted molar refractivity (Wildman–Crippen MR) is 66.0 cm³/mol. The summed E-state index contributed by atoms with van der Waals surface area (Å²) in [4.78, 5) is 10.6. The molecule has 1 aromatic rings. The molecule has 0 aliphatic heterocycles. The summed E-state index contributed by atoms with van der Waals surface area (Å²) in [5, 5.41) is 18.5. The molecule has 1 heterocycles. The van der Waals surface area contributed by atoms with Crippen molar-refractivity contribution in [2.45, 2.75) is 46.8 Å². The van der Waals surface area contributed by atoms with E-state index in [9.17, 15) is 9.90 Å². The van der Waals surface area contributed by atoms with Crippen LogP contribution in [0.15, 0.2) is 6.07 Å². The summed E-state index contributed by atoms with van der Waals surface area (Å²) in [5.74, 6) is -0.463. The average Bonchev–Trinajstić information content (AvgIpc) is 2.44. The van der Waals surface area contributed by atoms with Crippen LogP contribution in [0, 0.1) is 19.8 Å². The lowest BCUT2D eigenvalue weighted by molar-refractivity contribution is -0.139. The Kier molecular flexibility index (Phi) is 4.34. The van der Waals surface area contributed by atoms with Crippen molar-refractivity contribution in [1.82, 2.24) is 4.57 Å². The maximum Gasteiger partial charge on any atom is 0.306 e. The van der Waals surface area contributed by atoms with E-state index in [1.54, 1.807) is 0 Å². The Bertz CT molecular complexity index is 407. The highest BCUT2D eigenvalue weighted by atomic mass is 16.4. The summed E-state index contributed by atoms with van der Waals surface area (Å²) in [7, 11) is 0. The van der Waals surface area contributed by atoms with Crippen LogP contribution in [0.5, 0.6) is 0 Å². The van der Waals surface area contributed by atoms with Crippen LogP contribution < -0.4 is 0 Å². The third kappa shape index (κ3) is 3.33. The molecule has 0 aromatic carbocycles. The monoisotopic (exact) mass is 239 g/mol. The Morgan fingerprint density at radius 3 is 2.47 bits per heavy atom. The molecule has 1 aromatic heterocycles. The molecule has 0 bridgehead atoms. The molecule has 0 spiro atoms. The van der Waals surface area contributed by atoms with E-state index >= 15 is 0 Å². The number of hydrogen-bond donors (Lipinski definition) is 2. The number of aromatic nitrogens is 1. The lowest BCUT2D eigenvalue weighted by Crippen LogP contribution is -2.10. The van der Waals surface area contributed by atoms with Crippen molar-refractivity contribution in [2.75, 3.05) is 0 Å². The normalized spacial score (nSPS) is 13.1. The van der Waals surface area contributed by atoms with E-state index in [0.29, 0.717) is 5.92 Å². The Morgan fingerprint density at radius 2 is 2.00 bits per heavy atom. The molecule has 0 aliphatic rings. The molecule has 1 atom stereocenters. The quantitative estimate of drug-likeness (QED) is 0.828. The second kappa shape index (κ2) is 5.36. The molecule has 2 N–H and O–H groups in total. The van der Waals surface area contributed by atoms with Gasteiger partial charge in [-0.2, -0.15) is 0 Å². The molecule has 0 saturated carbocycles. The van der Waals surface area contributed by atoms with Gasteiger partial charge < -0.3 is 14.8 Å². The third-order valence-corrected chi connectivity index (χ3v) is 2.89. The van der Waals surface area contributed by atoms with E-state index in [4.69, 9.17) is 5.11 Å². The topological polar surface area (TPSA) is 62.5 Å². The number of carboxylic acids is 1. The summed E-state index contributed by atoms with van der Waals surface area (Å²) in [5.41, 5.74) is 2.76. The van der Waals surface area contributed by atoms with E-state index in [1.165, 1.54) is 0 Å². The molecule has 4 nitrogen and oxygen atoms in total. The second-order valence-electron chi connectivity index (χ2n) is 4.94. The van der Waals surface area contributed by atoms with Crippen molar-refractivity contribution in [3.63, 3.8) is 0 Å². The lowest BCUT2D eigenvalue weighted by Gasteiger charge is -2.13. The molecular weight excluding hydrogens is 218 g/mol. The van der Waals surface area contributed by atoms with Crippen molar-refractivity contribution in [3.8, 4) is 0 Å². The van der Waals surface area contributed by atoms with Crippen LogP contribution in [0.2, 0.25) is 0 Å². The largest absolute Gasteiger partial charge is 0.481 e. The van der Waals surface area contributed by atoms with Gasteiger partial charge in [0, 0.05) is 23.5 Å². The van der Waals surface area contributed by atoms with Gasteiger partial charge >= 0.3 is 5.97 Å². The van der Waals surface area contributed by atoms with Crippen molar-refractivity contribution in [2.24, 2.45) is 5.92 Å². The van der Waals surface area contributed by atoms with Crippen LogP contribution in [0.4, 0.5) is 0 Å². The minimum Gasteiger partial charge on any atom is -0.481 e. The fourth-order valence-corrected chi connectivity index (χ4v) is 2.09. The van der Waals surface area contributed by atoms with E-state index < -0.39 is 12.1 Å². The minimum atomic E-state index is -0.980. The molecule has 4 heteroatoms. The van der Waals surface area contributed by atoms with E-state index in [1.807, 2.05) is 19.9 Å². The molecule has 0 radical (unpaired) electrons. The van der Waals surface area contributed by atoms with Crippen LogP contribution in [-0.2, 0) is 11.3 Å². The molecular formula is C13H21NO3. The number of aliphatic carboxylic acids is 1. The Morgan fingerprint density at radius 1 is 1.41 bits per heavy atom. The fraction of sp³-hybridized carbons (Fsp3) is 0.615. The molecule has 0 fully saturated rings. The zero-order valence-corrected chi connectivity index (χ0v) is 10.9. The first-order valence-corrected chi connectivity index (χ1v) is 5.89. The number of carboxylic acid groups (broad SMARTS) is 1. The van der Waals surface area contributed by atoms with Crippen molar-refractivity contribution < 1.29 is 15.0 Å². The van der Waals surface area contributed by atoms with Gasteiger partial charge in [0.2, 0.25) is 0 Å². The summed E-state index contributed by atoms with van der Waals surface area (Å²) in [6, 6.07) is 1.88. The van der Waals surface area contributed by atoms with Crippen molar-refractivity contribution in [3.05, 3.63) is 23.0 Å². The number of rotatable bonds is 5. The lowest BCUT2D eigenvalue weighted by atomic mass is 10.1. The second-order valence-corrected chi connectivity index (χ2v) is 4.94. The number of aliphatic hydroxyl groups excluding tert-OH is 1. The smallest absolute Gasteiger partial charge is 0.306 e. The van der Waals surface area contributed by atoms with Crippen LogP contribution in [0.25, 0.3) is 0 Å². The average molecular weight is 239 g/mol. The fourth-order valence-electron chi connectivity index (χ4n) is 2.09. The molecule has 0 amide bonds. The molecule has 0 aliphatic carbocycles. The van der Waals surface area contributed by atoms with Gasteiger partial charge in [0.25, 0.3) is 0 Å². The van der Waals surface area contributed by atoms with E-state index in [-0.39, 0.29) is 6.42 Å². The summed E-state index contributed by atoms with van der Waals surface area (Å²) >= 11 is 0. The maximum atomic E-state index is 10.6. The van der Waals surface area contributed by atoms with Gasteiger partial charge in [0.15, 0.2) is 0 Å². The van der Waals surface area contributed by atoms with Crippen LogP contribution in [0.3, 0.4) is 0 Å². The van der Waals surface area contributed by atoms with Gasteiger partial charge in [0.1, 0.15) is 0 Å². The van der Waals surface area contributed by atoms with Crippen molar-refractivity contribution in [1.29, 1.82) is 0 Å². The van der Waals surface area contributed by atoms with E-state index in [2.05, 4.69) is 18.4 Å². The zero-order valence-electron chi connectivity index (χ0n) is 10.9. The molecule has 0 unspecified atom stereocenters. The molecule has 1 rings (SSSR count). The van der Waals surface area contributed by atoms with Crippen LogP contribution in [0.1, 0.15) is 43.3 Å². The number of nitrogens with zero attached hydrogens (tertiary/aromatic N) is 1. The highest BCUT2D eigenvalue weighted by molar-refractivity contribution is 5.67. The standard InChI is InChI=1S/C13H21NO3/c1-8(2)7-14-9(3)5-11(10(14)4)12(15)6-13(16)17/h5,8,12,15H,6-7H2,1-4H3,(H,16,17)/t12-/m1/s1. The zero-order chi connectivity index (χ0) is 13.2. The van der Waals surface area contributed by atoms with Crippen molar-refractivity contribution >= 4 is 5.97 Å². The molecule has 17 heavy (non-hydrogen) atoms. The van der Waals surface area contributed by atoms with Gasteiger partial charge in [-0.1, -0.05) is 13.8 Å². The summed E-state index contributed by atoms with van der Waals surface area (Å²) in [6.45, 7) is 9.05. The summed E-state index contributed by atoms with van der Waals surface area (Å²) < 4.78 is 2.13. The van der Waals surface area contributed by atoms with Crippen LogP contribution in [-0.4, -0.2) is 20.7 Å². The van der Waals surface area contributed by atoms with E-state index in [0.717, 1.165) is 23.5 Å². The SMILES string of the molecule is Cc1cc([C@H](O)CC(=O)O)c(C)n1CC(C)C. The highest BCUT2D eigenvalue weighted by Crippen LogP contribution is 2.25. The number of aryl methyl sites for hydroxylation is 1. The first-order chi connectivity index (χ1) is 7.82. The number of aliphatic hydroxyl groups is 1. The molecule has 96 valence electrons. The highest BCUT2D eigenvalue weighted by Gasteiger charge is 2.18. The molecule has 0 saturated heterocycles. The first-order valence-electron chi connectivity index (χ1n) is 5.89. The maximum absolute atomic E-state index is 10.6. The summed E-state index contributed by atoms with van der Waals surface area (Å²) in [6.07, 6.45) is -1.16. The van der Waals surface area contributed by atoms with Gasteiger partial charge in [-0.25, -0.2) is 0 Å². The predicted octanol–water partition coefficient (Wildman–Crippen LogP) is 2.27. The third-order valence-electron chi connectivity index (χ3n) is 2.89. The Hall–Kier alpha value is -1.29. The number of carbonyl (C=O) groups is 1.